The molecule has 0 bridgehead atoms. The molecule has 4 heteroatoms. The lowest BCUT2D eigenvalue weighted by Crippen LogP contribution is -2.26. The number of aliphatic hydroxyl groups excluding tert-OH is 1. The number of nitro benzene ring substituents is 1. The van der Waals surface area contributed by atoms with Gasteiger partial charge in [-0.15, -0.1) is 0 Å². The number of hydrogen-bond donors (Lipinski definition) is 1. The van der Waals surface area contributed by atoms with Crippen LogP contribution in [0.3, 0.4) is 0 Å². The van der Waals surface area contributed by atoms with Gasteiger partial charge in [-0.1, -0.05) is 25.0 Å². The minimum absolute atomic E-state index is 0.123. The van der Waals surface area contributed by atoms with Gasteiger partial charge in [-0.2, -0.15) is 0 Å². The van der Waals surface area contributed by atoms with Crippen LogP contribution < -0.4 is 0 Å². The van der Waals surface area contributed by atoms with Gasteiger partial charge in [0, 0.05) is 12.1 Å². The number of aliphatic hydroxyl groups is 1. The third kappa shape index (κ3) is 3.03. The molecule has 17 heavy (non-hydrogen) atoms. The van der Waals surface area contributed by atoms with E-state index in [9.17, 15) is 15.2 Å². The van der Waals surface area contributed by atoms with Crippen LogP contribution in [-0.2, 0) is 6.42 Å². The molecule has 0 amide bonds. The molecular formula is C13H17NO3. The molecule has 0 saturated heterocycles. The second kappa shape index (κ2) is 5.27. The van der Waals surface area contributed by atoms with Crippen LogP contribution in [-0.4, -0.2) is 16.1 Å². The summed E-state index contributed by atoms with van der Waals surface area (Å²) >= 11 is 0. The zero-order valence-corrected chi connectivity index (χ0v) is 9.71. The van der Waals surface area contributed by atoms with Crippen LogP contribution in [0.4, 0.5) is 5.69 Å². The van der Waals surface area contributed by atoms with Gasteiger partial charge in [-0.3, -0.25) is 10.1 Å². The summed E-state index contributed by atoms with van der Waals surface area (Å²) in [6, 6.07) is 6.65. The Hall–Kier alpha value is -1.42. The second-order valence-electron chi connectivity index (χ2n) is 4.74. The van der Waals surface area contributed by atoms with E-state index in [1.165, 1.54) is 18.6 Å². The van der Waals surface area contributed by atoms with Gasteiger partial charge in [-0.25, -0.2) is 0 Å². The Balaban J connectivity index is 2.00. The molecule has 0 unspecified atom stereocenters. The first-order valence-corrected chi connectivity index (χ1v) is 6.08. The SMILES string of the molecule is O=[N+]([O-])c1ccc(C[C@@H]2CCCC[C@H]2O)cc1. The monoisotopic (exact) mass is 235 g/mol. The van der Waals surface area contributed by atoms with Crippen molar-refractivity contribution in [1.29, 1.82) is 0 Å². The molecule has 92 valence electrons. The quantitative estimate of drug-likeness (QED) is 0.647. The number of hydrogen-bond acceptors (Lipinski definition) is 3. The number of nitro groups is 1. The van der Waals surface area contributed by atoms with Gasteiger partial charge >= 0.3 is 0 Å². The molecule has 1 aliphatic rings. The van der Waals surface area contributed by atoms with Crippen molar-refractivity contribution in [3.63, 3.8) is 0 Å². The summed E-state index contributed by atoms with van der Waals surface area (Å²) in [5, 5.41) is 20.4. The van der Waals surface area contributed by atoms with Crippen LogP contribution in [0.2, 0.25) is 0 Å². The van der Waals surface area contributed by atoms with E-state index in [1.54, 1.807) is 12.1 Å². The summed E-state index contributed by atoms with van der Waals surface area (Å²) in [6.07, 6.45) is 4.83. The maximum atomic E-state index is 10.5. The number of non-ortho nitro benzene ring substituents is 1. The molecule has 4 nitrogen and oxygen atoms in total. The standard InChI is InChI=1S/C13H17NO3/c15-13-4-2-1-3-11(13)9-10-5-7-12(8-6-10)14(16)17/h5-8,11,13,15H,1-4,9H2/t11-,13+/m0/s1. The van der Waals surface area contributed by atoms with Gasteiger partial charge in [0.15, 0.2) is 0 Å². The van der Waals surface area contributed by atoms with E-state index in [0.29, 0.717) is 5.92 Å². The van der Waals surface area contributed by atoms with E-state index in [1.807, 2.05) is 0 Å². The van der Waals surface area contributed by atoms with Crippen molar-refractivity contribution in [2.75, 3.05) is 0 Å². The predicted octanol–water partition coefficient (Wildman–Crippen LogP) is 2.69. The second-order valence-corrected chi connectivity index (χ2v) is 4.74. The molecular weight excluding hydrogens is 218 g/mol. The van der Waals surface area contributed by atoms with Crippen LogP contribution in [0.1, 0.15) is 31.2 Å². The van der Waals surface area contributed by atoms with Crippen molar-refractivity contribution in [3.8, 4) is 0 Å². The van der Waals surface area contributed by atoms with Crippen molar-refractivity contribution in [1.82, 2.24) is 0 Å². The summed E-state index contributed by atoms with van der Waals surface area (Å²) in [6.45, 7) is 0. The fraction of sp³-hybridized carbons (Fsp3) is 0.538. The summed E-state index contributed by atoms with van der Waals surface area (Å²) in [4.78, 5) is 10.1. The third-order valence-corrected chi connectivity index (χ3v) is 3.51. The summed E-state index contributed by atoms with van der Waals surface area (Å²) in [5.74, 6) is 0.310. The number of benzene rings is 1. The van der Waals surface area contributed by atoms with Crippen LogP contribution >= 0.6 is 0 Å². The molecule has 2 atom stereocenters. The highest BCUT2D eigenvalue weighted by atomic mass is 16.6. The summed E-state index contributed by atoms with van der Waals surface area (Å²) in [5.41, 5.74) is 1.19. The van der Waals surface area contributed by atoms with Crippen LogP contribution in [0, 0.1) is 16.0 Å². The maximum Gasteiger partial charge on any atom is 0.269 e. The Morgan fingerprint density at radius 2 is 1.88 bits per heavy atom. The van der Waals surface area contributed by atoms with E-state index < -0.39 is 0 Å². The lowest BCUT2D eigenvalue weighted by molar-refractivity contribution is -0.384. The normalized spacial score (nSPS) is 24.5. The molecule has 1 aliphatic carbocycles. The summed E-state index contributed by atoms with van der Waals surface area (Å²) < 4.78 is 0. The smallest absolute Gasteiger partial charge is 0.269 e. The first-order valence-electron chi connectivity index (χ1n) is 6.08. The molecule has 0 heterocycles. The lowest BCUT2D eigenvalue weighted by atomic mass is 9.82. The van der Waals surface area contributed by atoms with Crippen LogP contribution in [0.25, 0.3) is 0 Å². The number of rotatable bonds is 3. The predicted molar refractivity (Wildman–Crippen MR) is 64.8 cm³/mol. The van der Waals surface area contributed by atoms with Gasteiger partial charge in [0.1, 0.15) is 0 Å². The largest absolute Gasteiger partial charge is 0.393 e. The molecule has 0 aliphatic heterocycles. The Morgan fingerprint density at radius 1 is 1.24 bits per heavy atom. The third-order valence-electron chi connectivity index (χ3n) is 3.51. The van der Waals surface area contributed by atoms with Crippen molar-refractivity contribution in [3.05, 3.63) is 39.9 Å². The molecule has 1 fully saturated rings. The molecule has 1 aromatic carbocycles. The Kier molecular flexibility index (Phi) is 3.74. The van der Waals surface area contributed by atoms with E-state index >= 15 is 0 Å². The highest BCUT2D eigenvalue weighted by Crippen LogP contribution is 2.27. The maximum absolute atomic E-state index is 10.5. The Labute approximate surface area is 100 Å². The molecule has 0 radical (unpaired) electrons. The minimum atomic E-state index is -0.390. The van der Waals surface area contributed by atoms with E-state index in [2.05, 4.69) is 0 Å². The average Bonchev–Trinajstić information content (AvgIpc) is 2.33. The van der Waals surface area contributed by atoms with E-state index in [0.717, 1.165) is 31.2 Å². The lowest BCUT2D eigenvalue weighted by Gasteiger charge is -2.27. The highest BCUT2D eigenvalue weighted by molar-refractivity contribution is 5.33. The van der Waals surface area contributed by atoms with Crippen molar-refractivity contribution in [2.45, 2.75) is 38.2 Å². The number of nitrogens with zero attached hydrogens (tertiary/aromatic N) is 1. The van der Waals surface area contributed by atoms with Gasteiger partial charge in [-0.05, 0) is 30.7 Å². The molecule has 1 aromatic rings. The van der Waals surface area contributed by atoms with Gasteiger partial charge in [0.2, 0.25) is 0 Å². The molecule has 1 saturated carbocycles. The van der Waals surface area contributed by atoms with Crippen LogP contribution in [0.5, 0.6) is 0 Å². The van der Waals surface area contributed by atoms with E-state index in [-0.39, 0.29) is 16.7 Å². The minimum Gasteiger partial charge on any atom is -0.393 e. The van der Waals surface area contributed by atoms with Gasteiger partial charge in [0.05, 0.1) is 11.0 Å². The van der Waals surface area contributed by atoms with Crippen LogP contribution in [0.15, 0.2) is 24.3 Å². The molecule has 0 aromatic heterocycles. The van der Waals surface area contributed by atoms with Gasteiger partial charge in [0.25, 0.3) is 5.69 Å². The highest BCUT2D eigenvalue weighted by Gasteiger charge is 2.23. The Bertz CT molecular complexity index is 388. The zero-order chi connectivity index (χ0) is 12.3. The molecule has 0 spiro atoms. The first kappa shape index (κ1) is 12.0. The zero-order valence-electron chi connectivity index (χ0n) is 9.71. The van der Waals surface area contributed by atoms with Gasteiger partial charge < -0.3 is 5.11 Å². The average molecular weight is 235 g/mol. The van der Waals surface area contributed by atoms with Crippen molar-refractivity contribution >= 4 is 5.69 Å². The van der Waals surface area contributed by atoms with Crippen molar-refractivity contribution in [2.24, 2.45) is 5.92 Å². The fourth-order valence-corrected chi connectivity index (χ4v) is 2.48. The summed E-state index contributed by atoms with van der Waals surface area (Å²) in [7, 11) is 0. The fourth-order valence-electron chi connectivity index (χ4n) is 2.48. The topological polar surface area (TPSA) is 63.4 Å². The first-order chi connectivity index (χ1) is 8.16. The molecule has 1 N–H and O–H groups in total. The van der Waals surface area contributed by atoms with E-state index in [4.69, 9.17) is 0 Å². The Morgan fingerprint density at radius 3 is 2.47 bits per heavy atom. The van der Waals surface area contributed by atoms with Crippen molar-refractivity contribution < 1.29 is 10.0 Å². The molecule has 2 rings (SSSR count).